The van der Waals surface area contributed by atoms with Gasteiger partial charge in [-0.15, -0.1) is 24.0 Å². The lowest BCUT2D eigenvalue weighted by atomic mass is 10.1. The Morgan fingerprint density at radius 1 is 1.13 bits per heavy atom. The van der Waals surface area contributed by atoms with Crippen molar-refractivity contribution < 1.29 is 12.8 Å². The van der Waals surface area contributed by atoms with E-state index in [-0.39, 0.29) is 35.4 Å². The van der Waals surface area contributed by atoms with Gasteiger partial charge in [0.15, 0.2) is 5.96 Å². The van der Waals surface area contributed by atoms with Gasteiger partial charge in [0.1, 0.15) is 11.2 Å². The van der Waals surface area contributed by atoms with Crippen LogP contribution in [0.15, 0.2) is 69.4 Å². The number of pyridine rings is 1. The monoisotopic (exact) mass is 556 g/mol. The maximum atomic E-state index is 12.2. The normalized spacial score (nSPS) is 11.6. The molecule has 2 aromatic heterocycles. The molecule has 0 aliphatic rings. The summed E-state index contributed by atoms with van der Waals surface area (Å²) in [6.45, 7) is 2.99. The van der Waals surface area contributed by atoms with E-state index in [0.717, 1.165) is 11.3 Å². The van der Waals surface area contributed by atoms with Gasteiger partial charge in [0.05, 0.1) is 12.2 Å². The quantitative estimate of drug-likeness (QED) is 0.169. The maximum absolute atomic E-state index is 12.2. The van der Waals surface area contributed by atoms with E-state index in [0.29, 0.717) is 24.9 Å². The van der Waals surface area contributed by atoms with Crippen molar-refractivity contribution in [3.05, 3.63) is 66.3 Å². The predicted octanol–water partition coefficient (Wildman–Crippen LogP) is 2.31. The van der Waals surface area contributed by atoms with Crippen LogP contribution < -0.4 is 15.4 Å². The van der Waals surface area contributed by atoms with Crippen molar-refractivity contribution in [3.8, 4) is 11.5 Å². The summed E-state index contributed by atoms with van der Waals surface area (Å²) < 4.78 is 32.4. The smallest absolute Gasteiger partial charge is 0.242 e. The highest BCUT2D eigenvalue weighted by Gasteiger charge is 2.13. The van der Waals surface area contributed by atoms with Crippen LogP contribution >= 0.6 is 24.0 Å². The second kappa shape index (κ2) is 11.8. The van der Waals surface area contributed by atoms with Gasteiger partial charge in [-0.3, -0.25) is 9.98 Å². The van der Waals surface area contributed by atoms with Crippen LogP contribution in [0.3, 0.4) is 0 Å². The summed E-state index contributed by atoms with van der Waals surface area (Å²) in [5, 5.41) is 6.16. The van der Waals surface area contributed by atoms with Crippen LogP contribution in [0.2, 0.25) is 0 Å². The molecule has 3 rings (SSSR count). The minimum atomic E-state index is -3.58. The van der Waals surface area contributed by atoms with Gasteiger partial charge >= 0.3 is 0 Å². The summed E-state index contributed by atoms with van der Waals surface area (Å²) in [6.07, 6.45) is 4.42. The summed E-state index contributed by atoms with van der Waals surface area (Å²) in [4.78, 5) is 12.5. The SMILES string of the molecule is CN=C(NCCNS(=O)(=O)c1cccnc1)NCc1coc(-c2ccc(C)cc2)n1.I. The molecule has 0 saturated carbocycles. The molecule has 166 valence electrons. The number of aromatic nitrogens is 2. The molecular formula is C20H25IN6O3S. The number of hydrogen-bond donors (Lipinski definition) is 3. The largest absolute Gasteiger partial charge is 0.444 e. The summed E-state index contributed by atoms with van der Waals surface area (Å²) >= 11 is 0. The highest BCUT2D eigenvalue weighted by Crippen LogP contribution is 2.18. The Morgan fingerprint density at radius 2 is 1.90 bits per heavy atom. The van der Waals surface area contributed by atoms with Gasteiger partial charge in [-0.25, -0.2) is 18.1 Å². The summed E-state index contributed by atoms with van der Waals surface area (Å²) in [5.74, 6) is 1.08. The van der Waals surface area contributed by atoms with Crippen molar-refractivity contribution in [1.82, 2.24) is 25.3 Å². The Bertz CT molecular complexity index is 1090. The van der Waals surface area contributed by atoms with E-state index in [9.17, 15) is 8.42 Å². The molecule has 0 aliphatic carbocycles. The number of aryl methyl sites for hydroxylation is 1. The standard InChI is InChI=1S/C20H24N6O3S.HI/c1-15-5-7-16(8-6-15)19-26-17(14-29-19)12-24-20(21-2)23-10-11-25-30(27,28)18-4-3-9-22-13-18;/h3-9,13-14,25H,10-12H2,1-2H3,(H2,21,23,24);1H. The topological polar surface area (TPSA) is 122 Å². The third kappa shape index (κ3) is 7.29. The summed E-state index contributed by atoms with van der Waals surface area (Å²) in [5.41, 5.74) is 2.81. The molecule has 3 N–H and O–H groups in total. The number of rotatable bonds is 8. The number of guanidine groups is 1. The molecule has 9 nitrogen and oxygen atoms in total. The van der Waals surface area contributed by atoms with Gasteiger partial charge in [-0.2, -0.15) is 0 Å². The van der Waals surface area contributed by atoms with Crippen molar-refractivity contribution >= 4 is 40.0 Å². The first-order chi connectivity index (χ1) is 14.5. The van der Waals surface area contributed by atoms with Gasteiger partial charge < -0.3 is 15.1 Å². The van der Waals surface area contributed by atoms with E-state index in [4.69, 9.17) is 4.42 Å². The van der Waals surface area contributed by atoms with Crippen molar-refractivity contribution in [2.24, 2.45) is 4.99 Å². The molecular weight excluding hydrogens is 531 g/mol. The van der Waals surface area contributed by atoms with Crippen molar-refractivity contribution in [2.45, 2.75) is 18.4 Å². The lowest BCUT2D eigenvalue weighted by molar-refractivity contribution is 0.571. The molecule has 0 aliphatic heterocycles. The van der Waals surface area contributed by atoms with Gasteiger partial charge in [-0.1, -0.05) is 17.7 Å². The number of aliphatic imine (C=N–C) groups is 1. The molecule has 0 fully saturated rings. The first kappa shape index (κ1) is 24.8. The molecule has 2 heterocycles. The fourth-order valence-electron chi connectivity index (χ4n) is 2.57. The molecule has 3 aromatic rings. The number of oxazole rings is 1. The first-order valence-electron chi connectivity index (χ1n) is 9.33. The van der Waals surface area contributed by atoms with E-state index in [1.165, 1.54) is 24.0 Å². The molecule has 0 amide bonds. The van der Waals surface area contributed by atoms with E-state index in [2.05, 4.69) is 30.3 Å². The van der Waals surface area contributed by atoms with Crippen LogP contribution in [0, 0.1) is 6.92 Å². The summed E-state index contributed by atoms with van der Waals surface area (Å²) in [7, 11) is -1.95. The van der Waals surface area contributed by atoms with Crippen LogP contribution in [0.1, 0.15) is 11.3 Å². The molecule has 0 radical (unpaired) electrons. The number of sulfonamides is 1. The molecule has 11 heteroatoms. The molecule has 31 heavy (non-hydrogen) atoms. The minimum Gasteiger partial charge on any atom is -0.444 e. The van der Waals surface area contributed by atoms with Gasteiger partial charge in [0, 0.05) is 38.1 Å². The van der Waals surface area contributed by atoms with Crippen LogP contribution in [-0.4, -0.2) is 44.5 Å². The zero-order valence-electron chi connectivity index (χ0n) is 17.2. The number of halogens is 1. The Labute approximate surface area is 198 Å². The average molecular weight is 556 g/mol. The molecule has 0 atom stereocenters. The highest BCUT2D eigenvalue weighted by atomic mass is 127. The fourth-order valence-corrected chi connectivity index (χ4v) is 3.56. The zero-order valence-corrected chi connectivity index (χ0v) is 20.3. The van der Waals surface area contributed by atoms with Gasteiger partial charge in [0.25, 0.3) is 0 Å². The lowest BCUT2D eigenvalue weighted by Gasteiger charge is -2.11. The molecule has 0 bridgehead atoms. The Hall–Kier alpha value is -2.51. The Balaban J connectivity index is 0.00000341. The van der Waals surface area contributed by atoms with E-state index >= 15 is 0 Å². The van der Waals surface area contributed by atoms with Crippen LogP contribution in [0.4, 0.5) is 0 Å². The van der Waals surface area contributed by atoms with Crippen LogP contribution in [-0.2, 0) is 16.6 Å². The van der Waals surface area contributed by atoms with Gasteiger partial charge in [-0.05, 0) is 31.2 Å². The number of nitrogens with zero attached hydrogens (tertiary/aromatic N) is 3. The number of hydrogen-bond acceptors (Lipinski definition) is 6. The predicted molar refractivity (Wildman–Crippen MR) is 130 cm³/mol. The molecule has 1 aromatic carbocycles. The van der Waals surface area contributed by atoms with E-state index in [1.54, 1.807) is 19.4 Å². The van der Waals surface area contributed by atoms with Crippen molar-refractivity contribution in [2.75, 3.05) is 20.1 Å². The molecule has 0 spiro atoms. The van der Waals surface area contributed by atoms with E-state index in [1.807, 2.05) is 31.2 Å². The van der Waals surface area contributed by atoms with Crippen molar-refractivity contribution in [1.29, 1.82) is 0 Å². The highest BCUT2D eigenvalue weighted by molar-refractivity contribution is 14.0. The Kier molecular flexibility index (Phi) is 9.40. The second-order valence-corrected chi connectivity index (χ2v) is 8.22. The molecule has 0 unspecified atom stereocenters. The van der Waals surface area contributed by atoms with Crippen molar-refractivity contribution in [3.63, 3.8) is 0 Å². The Morgan fingerprint density at radius 3 is 2.58 bits per heavy atom. The maximum Gasteiger partial charge on any atom is 0.242 e. The number of benzene rings is 1. The second-order valence-electron chi connectivity index (χ2n) is 6.45. The minimum absolute atomic E-state index is 0. The average Bonchev–Trinajstić information content (AvgIpc) is 3.23. The third-order valence-electron chi connectivity index (χ3n) is 4.17. The van der Waals surface area contributed by atoms with E-state index < -0.39 is 10.0 Å². The van der Waals surface area contributed by atoms with Crippen LogP contribution in [0.5, 0.6) is 0 Å². The van der Waals surface area contributed by atoms with Crippen LogP contribution in [0.25, 0.3) is 11.5 Å². The number of nitrogens with one attached hydrogen (secondary N) is 3. The molecule has 0 saturated heterocycles. The lowest BCUT2D eigenvalue weighted by Crippen LogP contribution is -2.41. The fraction of sp³-hybridized carbons (Fsp3) is 0.250. The summed E-state index contributed by atoms with van der Waals surface area (Å²) in [6, 6.07) is 11.0. The zero-order chi connectivity index (χ0) is 21.4. The first-order valence-corrected chi connectivity index (χ1v) is 10.8. The third-order valence-corrected chi connectivity index (χ3v) is 5.61. The van der Waals surface area contributed by atoms with Gasteiger partial charge in [0.2, 0.25) is 15.9 Å².